The first-order chi connectivity index (χ1) is 11.7. The zero-order valence-corrected chi connectivity index (χ0v) is 15.1. The number of thioether (sulfide) groups is 1. The summed E-state index contributed by atoms with van der Waals surface area (Å²) in [5.41, 5.74) is 0.185. The van der Waals surface area contributed by atoms with Crippen LogP contribution in [0.1, 0.15) is 23.6 Å². The van der Waals surface area contributed by atoms with Crippen molar-refractivity contribution < 1.29 is 18.4 Å². The van der Waals surface area contributed by atoms with Gasteiger partial charge in [0.05, 0.1) is 15.5 Å². The molecule has 0 aliphatic carbocycles. The number of hydrogen-bond donors (Lipinski definition) is 1. The van der Waals surface area contributed by atoms with Gasteiger partial charge in [-0.15, -0.1) is 0 Å². The Bertz CT molecular complexity index is 925. The molecule has 0 radical (unpaired) electrons. The zero-order valence-electron chi connectivity index (χ0n) is 13.4. The second-order valence-corrected chi connectivity index (χ2v) is 8.97. The van der Waals surface area contributed by atoms with Crippen LogP contribution in [0, 0.1) is 10.1 Å². The van der Waals surface area contributed by atoms with Crippen LogP contribution in [-0.4, -0.2) is 51.2 Å². The summed E-state index contributed by atoms with van der Waals surface area (Å²) < 4.78 is 26.4. The average Bonchev–Trinajstić information content (AvgIpc) is 3.03. The lowest BCUT2D eigenvalue weighted by Crippen LogP contribution is -2.27. The van der Waals surface area contributed by atoms with Gasteiger partial charge in [-0.05, 0) is 12.0 Å². The third kappa shape index (κ3) is 3.15. The van der Waals surface area contributed by atoms with Gasteiger partial charge < -0.3 is 5.11 Å². The molecule has 1 aliphatic rings. The fraction of sp³-hybridized carbons (Fsp3) is 0.357. The van der Waals surface area contributed by atoms with Gasteiger partial charge in [0.15, 0.2) is 0 Å². The number of nitro groups is 1. The van der Waals surface area contributed by atoms with Crippen LogP contribution in [0.5, 0.6) is 0 Å². The predicted octanol–water partition coefficient (Wildman–Crippen LogP) is 1.39. The Labute approximate surface area is 148 Å². The minimum absolute atomic E-state index is 0.0772. The number of hydrogen-bond acceptors (Lipinski definition) is 7. The fourth-order valence-electron chi connectivity index (χ4n) is 2.70. The highest BCUT2D eigenvalue weighted by molar-refractivity contribution is 8.00. The number of aliphatic hydroxyl groups excluding tert-OH is 1. The number of aliphatic hydroxyl groups is 1. The van der Waals surface area contributed by atoms with Gasteiger partial charge in [0.1, 0.15) is 11.8 Å². The molecule has 2 aromatic rings. The average molecular weight is 384 g/mol. The lowest BCUT2D eigenvalue weighted by Gasteiger charge is -2.26. The normalized spacial score (nSPS) is 20.5. The van der Waals surface area contributed by atoms with Crippen LogP contribution in [0.25, 0.3) is 0 Å². The fourth-order valence-corrected chi connectivity index (χ4v) is 4.65. The van der Waals surface area contributed by atoms with Crippen molar-refractivity contribution in [3.63, 3.8) is 0 Å². The Kier molecular flexibility index (Phi) is 4.58. The molecule has 0 amide bonds. The second-order valence-electron chi connectivity index (χ2n) is 5.73. The molecule has 1 aromatic heterocycles. The first kappa shape index (κ1) is 17.9. The molecular weight excluding hydrogens is 368 g/mol. The quantitative estimate of drug-likeness (QED) is 0.625. The van der Waals surface area contributed by atoms with E-state index in [-0.39, 0.29) is 12.1 Å². The van der Waals surface area contributed by atoms with E-state index in [0.29, 0.717) is 16.2 Å². The number of fused-ring (bicyclic) bond motifs is 1. The minimum atomic E-state index is -3.70. The Morgan fingerprint density at radius 3 is 2.80 bits per heavy atom. The number of imidazole rings is 1. The van der Waals surface area contributed by atoms with Crippen molar-refractivity contribution in [1.82, 2.24) is 13.3 Å². The van der Waals surface area contributed by atoms with E-state index in [2.05, 4.69) is 4.98 Å². The number of benzene rings is 1. The molecule has 0 saturated carbocycles. The molecule has 1 aromatic carbocycles. The highest BCUT2D eigenvalue weighted by Gasteiger charge is 2.34. The van der Waals surface area contributed by atoms with Gasteiger partial charge in [-0.2, -0.15) is 12.7 Å². The second kappa shape index (κ2) is 6.41. The van der Waals surface area contributed by atoms with Crippen LogP contribution in [0.3, 0.4) is 0 Å². The SMILES string of the molecule is CN(C)S(=O)(=O)n1cnc(C2CC(O)Sc3c2cccc3[N+](=O)[O-])c1. The molecule has 134 valence electrons. The lowest BCUT2D eigenvalue weighted by molar-refractivity contribution is -0.387. The molecule has 1 aliphatic heterocycles. The zero-order chi connectivity index (χ0) is 18.4. The summed E-state index contributed by atoms with van der Waals surface area (Å²) in [6.07, 6.45) is 2.86. The summed E-state index contributed by atoms with van der Waals surface area (Å²) >= 11 is 1.04. The summed E-state index contributed by atoms with van der Waals surface area (Å²) in [5.74, 6) is -0.426. The molecule has 0 saturated heterocycles. The molecule has 1 N–H and O–H groups in total. The first-order valence-corrected chi connectivity index (χ1v) is 9.58. The summed E-state index contributed by atoms with van der Waals surface area (Å²) in [6, 6.07) is 4.71. The highest BCUT2D eigenvalue weighted by atomic mass is 32.2. The van der Waals surface area contributed by atoms with Crippen LogP contribution in [0.4, 0.5) is 5.69 Å². The molecule has 9 nitrogen and oxygen atoms in total. The minimum Gasteiger partial charge on any atom is -0.382 e. The van der Waals surface area contributed by atoms with Gasteiger partial charge in [-0.3, -0.25) is 10.1 Å². The van der Waals surface area contributed by atoms with Gasteiger partial charge in [0.25, 0.3) is 5.69 Å². The monoisotopic (exact) mass is 384 g/mol. The number of nitrogens with zero attached hydrogens (tertiary/aromatic N) is 4. The van der Waals surface area contributed by atoms with Gasteiger partial charge >= 0.3 is 10.2 Å². The van der Waals surface area contributed by atoms with Crippen molar-refractivity contribution in [3.05, 3.63) is 52.1 Å². The Morgan fingerprint density at radius 1 is 1.44 bits per heavy atom. The van der Waals surface area contributed by atoms with Crippen molar-refractivity contribution in [2.75, 3.05) is 14.1 Å². The van der Waals surface area contributed by atoms with Crippen LogP contribution in [0.15, 0.2) is 35.6 Å². The number of aromatic nitrogens is 2. The van der Waals surface area contributed by atoms with Gasteiger partial charge in [-0.1, -0.05) is 23.9 Å². The van der Waals surface area contributed by atoms with E-state index < -0.39 is 26.5 Å². The summed E-state index contributed by atoms with van der Waals surface area (Å²) in [6.45, 7) is 0. The molecule has 0 fully saturated rings. The molecule has 2 heterocycles. The summed E-state index contributed by atoms with van der Waals surface area (Å²) in [7, 11) is -0.873. The van der Waals surface area contributed by atoms with Gasteiger partial charge in [-0.25, -0.2) is 8.96 Å². The highest BCUT2D eigenvalue weighted by Crippen LogP contribution is 2.47. The Balaban J connectivity index is 2.08. The summed E-state index contributed by atoms with van der Waals surface area (Å²) in [5, 5.41) is 21.4. The van der Waals surface area contributed by atoms with E-state index in [4.69, 9.17) is 0 Å². The van der Waals surface area contributed by atoms with Crippen LogP contribution < -0.4 is 0 Å². The molecule has 11 heteroatoms. The number of rotatable bonds is 4. The van der Waals surface area contributed by atoms with Crippen LogP contribution in [0.2, 0.25) is 0 Å². The van der Waals surface area contributed by atoms with Crippen LogP contribution in [-0.2, 0) is 10.2 Å². The van der Waals surface area contributed by atoms with E-state index in [1.807, 2.05) is 0 Å². The predicted molar refractivity (Wildman–Crippen MR) is 91.7 cm³/mol. The standard InChI is InChI=1S/C14H16N4O5S2/c1-16(2)25(22,23)17-7-11(15-8-17)10-6-13(19)24-14-9(10)4-3-5-12(14)18(20)21/h3-5,7-8,10,13,19H,6H2,1-2H3. The van der Waals surface area contributed by atoms with Crippen molar-refractivity contribution in [2.45, 2.75) is 22.7 Å². The van der Waals surface area contributed by atoms with E-state index >= 15 is 0 Å². The maximum atomic E-state index is 12.2. The Morgan fingerprint density at radius 2 is 2.16 bits per heavy atom. The molecule has 0 bridgehead atoms. The molecule has 2 atom stereocenters. The third-order valence-electron chi connectivity index (χ3n) is 3.95. The molecule has 0 spiro atoms. The van der Waals surface area contributed by atoms with E-state index in [1.54, 1.807) is 12.1 Å². The topological polar surface area (TPSA) is 119 Å². The van der Waals surface area contributed by atoms with Crippen molar-refractivity contribution in [3.8, 4) is 0 Å². The molecule has 3 rings (SSSR count). The summed E-state index contributed by atoms with van der Waals surface area (Å²) in [4.78, 5) is 15.3. The Hall–Kier alpha value is -1.95. The molecular formula is C14H16N4O5S2. The number of nitro benzene ring substituents is 1. The van der Waals surface area contributed by atoms with Crippen molar-refractivity contribution in [2.24, 2.45) is 0 Å². The largest absolute Gasteiger partial charge is 0.382 e. The molecule has 25 heavy (non-hydrogen) atoms. The van der Waals surface area contributed by atoms with Crippen LogP contribution >= 0.6 is 11.8 Å². The maximum absolute atomic E-state index is 12.2. The molecule has 2 unspecified atom stereocenters. The first-order valence-electron chi connectivity index (χ1n) is 7.30. The smallest absolute Gasteiger partial charge is 0.308 e. The van der Waals surface area contributed by atoms with Crippen molar-refractivity contribution in [1.29, 1.82) is 0 Å². The van der Waals surface area contributed by atoms with Gasteiger partial charge in [0, 0.05) is 32.3 Å². The third-order valence-corrected chi connectivity index (χ3v) is 6.75. The maximum Gasteiger partial charge on any atom is 0.308 e. The van der Waals surface area contributed by atoms with E-state index in [0.717, 1.165) is 20.0 Å². The van der Waals surface area contributed by atoms with E-state index in [9.17, 15) is 23.6 Å². The van der Waals surface area contributed by atoms with Gasteiger partial charge in [0.2, 0.25) is 0 Å². The lowest BCUT2D eigenvalue weighted by atomic mass is 9.92. The van der Waals surface area contributed by atoms with E-state index in [1.165, 1.54) is 32.7 Å². The van der Waals surface area contributed by atoms with Crippen molar-refractivity contribution >= 4 is 27.7 Å².